The van der Waals surface area contributed by atoms with Crippen molar-refractivity contribution in [3.63, 3.8) is 0 Å². The summed E-state index contributed by atoms with van der Waals surface area (Å²) in [7, 11) is 1.70. The molecule has 0 saturated carbocycles. The molecule has 0 spiro atoms. The van der Waals surface area contributed by atoms with Crippen LogP contribution < -0.4 is 5.32 Å². The molecule has 0 saturated heterocycles. The van der Waals surface area contributed by atoms with Gasteiger partial charge in [0.25, 0.3) is 0 Å². The molecule has 0 radical (unpaired) electrons. The van der Waals surface area contributed by atoms with Crippen LogP contribution in [0, 0.1) is 5.82 Å². The van der Waals surface area contributed by atoms with E-state index in [1.54, 1.807) is 19.2 Å². The monoisotopic (exact) mass is 303 g/mol. The van der Waals surface area contributed by atoms with E-state index < -0.39 is 0 Å². The Balaban J connectivity index is 2.55. The highest BCUT2D eigenvalue weighted by Gasteiger charge is 2.09. The van der Waals surface area contributed by atoms with Crippen molar-refractivity contribution in [1.29, 1.82) is 0 Å². The second-order valence-corrected chi connectivity index (χ2v) is 4.84. The third-order valence-electron chi connectivity index (χ3n) is 2.63. The number of ether oxygens (including phenoxy) is 1. The zero-order valence-electron chi connectivity index (χ0n) is 10.3. The van der Waals surface area contributed by atoms with E-state index in [1.807, 2.05) is 0 Å². The van der Waals surface area contributed by atoms with E-state index in [0.717, 1.165) is 29.4 Å². The molecule has 4 heteroatoms. The summed E-state index contributed by atoms with van der Waals surface area (Å²) in [4.78, 5) is 0. The third-order valence-corrected chi connectivity index (χ3v) is 3.40. The standard InChI is InChI=1S/C13H19BrFNO/c1-3-16-12(9-17-2)6-4-10-8-11(15)5-7-13(10)14/h5,7-8,12,16H,3-4,6,9H2,1-2H3. The van der Waals surface area contributed by atoms with Crippen LogP contribution in [-0.2, 0) is 11.2 Å². The maximum absolute atomic E-state index is 13.1. The summed E-state index contributed by atoms with van der Waals surface area (Å²) in [5.74, 6) is -0.185. The van der Waals surface area contributed by atoms with Crippen LogP contribution in [0.15, 0.2) is 22.7 Å². The fourth-order valence-electron chi connectivity index (χ4n) is 1.80. The quantitative estimate of drug-likeness (QED) is 0.835. The second kappa shape index (κ2) is 7.80. The molecule has 0 fully saturated rings. The van der Waals surface area contributed by atoms with Gasteiger partial charge in [0.2, 0.25) is 0 Å². The van der Waals surface area contributed by atoms with Crippen molar-refractivity contribution in [2.24, 2.45) is 0 Å². The normalized spacial score (nSPS) is 12.7. The molecule has 0 aromatic heterocycles. The van der Waals surface area contributed by atoms with Crippen molar-refractivity contribution >= 4 is 15.9 Å². The minimum atomic E-state index is -0.185. The predicted octanol–water partition coefficient (Wildman–Crippen LogP) is 3.15. The van der Waals surface area contributed by atoms with E-state index in [2.05, 4.69) is 28.2 Å². The fraction of sp³-hybridized carbons (Fsp3) is 0.538. The summed E-state index contributed by atoms with van der Waals surface area (Å²) in [6.07, 6.45) is 1.77. The smallest absolute Gasteiger partial charge is 0.123 e. The molecule has 0 aliphatic carbocycles. The number of benzene rings is 1. The van der Waals surface area contributed by atoms with Crippen LogP contribution in [0.4, 0.5) is 4.39 Å². The lowest BCUT2D eigenvalue weighted by Crippen LogP contribution is -2.33. The van der Waals surface area contributed by atoms with Gasteiger partial charge in [-0.2, -0.15) is 0 Å². The lowest BCUT2D eigenvalue weighted by Gasteiger charge is -2.17. The van der Waals surface area contributed by atoms with Gasteiger partial charge in [0.1, 0.15) is 5.82 Å². The van der Waals surface area contributed by atoms with Crippen LogP contribution >= 0.6 is 15.9 Å². The molecule has 17 heavy (non-hydrogen) atoms. The van der Waals surface area contributed by atoms with Crippen LogP contribution in [0.25, 0.3) is 0 Å². The molecule has 1 rings (SSSR count). The number of halogens is 2. The number of methoxy groups -OCH3 is 1. The van der Waals surface area contributed by atoms with Crippen LogP contribution in [0.2, 0.25) is 0 Å². The summed E-state index contributed by atoms with van der Waals surface area (Å²) in [5, 5.41) is 3.35. The van der Waals surface area contributed by atoms with Crippen molar-refractivity contribution in [1.82, 2.24) is 5.32 Å². The number of hydrogen-bond donors (Lipinski definition) is 1. The van der Waals surface area contributed by atoms with E-state index in [0.29, 0.717) is 12.6 Å². The molecule has 96 valence electrons. The number of likely N-dealkylation sites (N-methyl/N-ethyl adjacent to an activating group) is 1. The van der Waals surface area contributed by atoms with Crippen LogP contribution in [0.5, 0.6) is 0 Å². The Morgan fingerprint density at radius 2 is 2.24 bits per heavy atom. The molecule has 1 aromatic rings. The van der Waals surface area contributed by atoms with Crippen molar-refractivity contribution in [2.75, 3.05) is 20.3 Å². The SMILES string of the molecule is CCNC(CCc1cc(F)ccc1Br)COC. The minimum Gasteiger partial charge on any atom is -0.383 e. The molecular weight excluding hydrogens is 285 g/mol. The van der Waals surface area contributed by atoms with E-state index in [1.165, 1.54) is 6.07 Å². The first-order chi connectivity index (χ1) is 8.17. The third kappa shape index (κ3) is 5.15. The van der Waals surface area contributed by atoms with Crippen molar-refractivity contribution in [3.05, 3.63) is 34.1 Å². The highest BCUT2D eigenvalue weighted by Crippen LogP contribution is 2.19. The Labute approximate surface area is 111 Å². The summed E-state index contributed by atoms with van der Waals surface area (Å²) >= 11 is 3.44. The molecule has 1 unspecified atom stereocenters. The van der Waals surface area contributed by atoms with Gasteiger partial charge in [-0.3, -0.25) is 0 Å². The molecule has 0 aliphatic heterocycles. The average Bonchev–Trinajstić information content (AvgIpc) is 2.30. The van der Waals surface area contributed by atoms with Gasteiger partial charge >= 0.3 is 0 Å². The second-order valence-electron chi connectivity index (χ2n) is 3.98. The first kappa shape index (κ1) is 14.6. The summed E-state index contributed by atoms with van der Waals surface area (Å²) in [6.45, 7) is 3.67. The van der Waals surface area contributed by atoms with Crippen molar-refractivity contribution < 1.29 is 9.13 Å². The largest absolute Gasteiger partial charge is 0.383 e. The van der Waals surface area contributed by atoms with E-state index in [-0.39, 0.29) is 5.82 Å². The topological polar surface area (TPSA) is 21.3 Å². The number of hydrogen-bond acceptors (Lipinski definition) is 2. The van der Waals surface area contributed by atoms with Gasteiger partial charge in [-0.05, 0) is 43.1 Å². The Kier molecular flexibility index (Phi) is 6.70. The number of nitrogens with one attached hydrogen (secondary N) is 1. The Morgan fingerprint density at radius 1 is 1.47 bits per heavy atom. The molecule has 0 bridgehead atoms. The zero-order chi connectivity index (χ0) is 12.7. The Morgan fingerprint density at radius 3 is 2.88 bits per heavy atom. The van der Waals surface area contributed by atoms with E-state index >= 15 is 0 Å². The van der Waals surface area contributed by atoms with Gasteiger partial charge in [-0.1, -0.05) is 22.9 Å². The molecule has 2 nitrogen and oxygen atoms in total. The molecular formula is C13H19BrFNO. The maximum atomic E-state index is 13.1. The Bertz CT molecular complexity index is 340. The van der Waals surface area contributed by atoms with E-state index in [9.17, 15) is 4.39 Å². The molecule has 1 atom stereocenters. The maximum Gasteiger partial charge on any atom is 0.123 e. The molecule has 0 amide bonds. The Hall–Kier alpha value is -0.450. The predicted molar refractivity (Wildman–Crippen MR) is 71.8 cm³/mol. The molecule has 1 aromatic carbocycles. The summed E-state index contributed by atoms with van der Waals surface area (Å²) in [5.41, 5.74) is 1.00. The molecule has 1 N–H and O–H groups in total. The molecule has 0 heterocycles. The van der Waals surface area contributed by atoms with Crippen LogP contribution in [-0.4, -0.2) is 26.3 Å². The van der Waals surface area contributed by atoms with Gasteiger partial charge in [0.15, 0.2) is 0 Å². The fourth-order valence-corrected chi connectivity index (χ4v) is 2.24. The summed E-state index contributed by atoms with van der Waals surface area (Å²) < 4.78 is 19.2. The van der Waals surface area contributed by atoms with Gasteiger partial charge in [0, 0.05) is 17.6 Å². The van der Waals surface area contributed by atoms with Crippen molar-refractivity contribution in [3.8, 4) is 0 Å². The first-order valence-corrected chi connectivity index (χ1v) is 6.63. The lowest BCUT2D eigenvalue weighted by molar-refractivity contribution is 0.163. The highest BCUT2D eigenvalue weighted by molar-refractivity contribution is 9.10. The van der Waals surface area contributed by atoms with Crippen molar-refractivity contribution in [2.45, 2.75) is 25.8 Å². The number of rotatable bonds is 7. The zero-order valence-corrected chi connectivity index (χ0v) is 11.9. The van der Waals surface area contributed by atoms with E-state index in [4.69, 9.17) is 4.74 Å². The minimum absolute atomic E-state index is 0.185. The summed E-state index contributed by atoms with van der Waals surface area (Å²) in [6, 6.07) is 5.12. The van der Waals surface area contributed by atoms with Gasteiger partial charge in [-0.15, -0.1) is 0 Å². The van der Waals surface area contributed by atoms with Gasteiger partial charge in [-0.25, -0.2) is 4.39 Å². The number of aryl methyl sites for hydroxylation is 1. The highest BCUT2D eigenvalue weighted by atomic mass is 79.9. The molecule has 0 aliphatic rings. The van der Waals surface area contributed by atoms with Gasteiger partial charge in [0.05, 0.1) is 6.61 Å². The first-order valence-electron chi connectivity index (χ1n) is 5.83. The lowest BCUT2D eigenvalue weighted by atomic mass is 10.1. The average molecular weight is 304 g/mol. The van der Waals surface area contributed by atoms with Gasteiger partial charge < -0.3 is 10.1 Å². The van der Waals surface area contributed by atoms with Crippen LogP contribution in [0.3, 0.4) is 0 Å². The van der Waals surface area contributed by atoms with Crippen LogP contribution in [0.1, 0.15) is 18.9 Å².